The first-order valence-corrected chi connectivity index (χ1v) is 11.1. The molecular formula is C26H31N5. The SMILES string of the molecule is C[C@H](CN[C@H](C[C@H]1CNc2cccnc2N1)c1ccccc1)C1=CCC(C)(C#N)C=C1. The molecule has 0 saturated heterocycles. The first-order valence-electron chi connectivity index (χ1n) is 11.1. The maximum absolute atomic E-state index is 9.34. The molecule has 0 fully saturated rings. The molecule has 2 aliphatic rings. The zero-order valence-corrected chi connectivity index (χ0v) is 18.3. The van der Waals surface area contributed by atoms with Crippen molar-refractivity contribution in [3.05, 3.63) is 78.0 Å². The van der Waals surface area contributed by atoms with Gasteiger partial charge in [-0.1, -0.05) is 55.5 Å². The van der Waals surface area contributed by atoms with Crippen molar-refractivity contribution in [2.45, 2.75) is 38.8 Å². The van der Waals surface area contributed by atoms with Gasteiger partial charge < -0.3 is 16.0 Å². The van der Waals surface area contributed by atoms with E-state index < -0.39 is 0 Å². The zero-order valence-electron chi connectivity index (χ0n) is 18.3. The van der Waals surface area contributed by atoms with Crippen molar-refractivity contribution in [2.24, 2.45) is 11.3 Å². The molecule has 0 amide bonds. The molecule has 4 rings (SSSR count). The minimum absolute atomic E-state index is 0.241. The minimum Gasteiger partial charge on any atom is -0.380 e. The number of benzene rings is 1. The summed E-state index contributed by atoms with van der Waals surface area (Å²) in [5.41, 5.74) is 3.31. The molecule has 1 aromatic carbocycles. The monoisotopic (exact) mass is 413 g/mol. The second-order valence-corrected chi connectivity index (χ2v) is 8.90. The summed E-state index contributed by atoms with van der Waals surface area (Å²) in [6, 6.07) is 17.6. The average Bonchev–Trinajstić information content (AvgIpc) is 2.82. The van der Waals surface area contributed by atoms with Crippen LogP contribution in [-0.2, 0) is 0 Å². The van der Waals surface area contributed by atoms with Crippen molar-refractivity contribution in [1.82, 2.24) is 10.3 Å². The number of rotatable bonds is 7. The number of aromatic nitrogens is 1. The molecule has 5 nitrogen and oxygen atoms in total. The maximum Gasteiger partial charge on any atom is 0.149 e. The van der Waals surface area contributed by atoms with Crippen LogP contribution in [-0.4, -0.2) is 24.1 Å². The Hall–Kier alpha value is -3.10. The Bertz CT molecular complexity index is 990. The van der Waals surface area contributed by atoms with Crippen LogP contribution in [0.3, 0.4) is 0 Å². The number of anilines is 2. The Morgan fingerprint density at radius 1 is 1.26 bits per heavy atom. The zero-order chi connectivity index (χ0) is 21.7. The lowest BCUT2D eigenvalue weighted by Gasteiger charge is -2.31. The second-order valence-electron chi connectivity index (χ2n) is 8.90. The summed E-state index contributed by atoms with van der Waals surface area (Å²) >= 11 is 0. The van der Waals surface area contributed by atoms with E-state index >= 15 is 0 Å². The van der Waals surface area contributed by atoms with Gasteiger partial charge in [0.15, 0.2) is 0 Å². The van der Waals surface area contributed by atoms with Crippen LogP contribution in [0.5, 0.6) is 0 Å². The van der Waals surface area contributed by atoms with E-state index in [9.17, 15) is 5.26 Å². The third kappa shape index (κ3) is 5.15. The highest BCUT2D eigenvalue weighted by Crippen LogP contribution is 2.31. The van der Waals surface area contributed by atoms with Gasteiger partial charge in [-0.3, -0.25) is 0 Å². The summed E-state index contributed by atoms with van der Waals surface area (Å²) < 4.78 is 0. The highest BCUT2D eigenvalue weighted by Gasteiger charge is 2.25. The van der Waals surface area contributed by atoms with E-state index in [0.717, 1.165) is 37.4 Å². The van der Waals surface area contributed by atoms with Crippen LogP contribution in [0.15, 0.2) is 72.5 Å². The first kappa shape index (κ1) is 21.1. The molecule has 2 heterocycles. The molecule has 1 aliphatic heterocycles. The van der Waals surface area contributed by atoms with Gasteiger partial charge in [-0.2, -0.15) is 5.26 Å². The van der Waals surface area contributed by atoms with Crippen molar-refractivity contribution in [3.8, 4) is 6.07 Å². The van der Waals surface area contributed by atoms with Gasteiger partial charge >= 0.3 is 0 Å². The first-order chi connectivity index (χ1) is 15.1. The summed E-state index contributed by atoms with van der Waals surface area (Å²) in [4.78, 5) is 4.47. The lowest BCUT2D eigenvalue weighted by molar-refractivity contribution is 0.439. The lowest BCUT2D eigenvalue weighted by Crippen LogP contribution is -2.38. The Morgan fingerprint density at radius 3 is 2.84 bits per heavy atom. The van der Waals surface area contributed by atoms with Crippen LogP contribution < -0.4 is 16.0 Å². The lowest BCUT2D eigenvalue weighted by atomic mass is 9.81. The molecule has 1 unspecified atom stereocenters. The predicted molar refractivity (Wildman–Crippen MR) is 127 cm³/mol. The third-order valence-corrected chi connectivity index (χ3v) is 6.31. The largest absolute Gasteiger partial charge is 0.380 e. The quantitative estimate of drug-likeness (QED) is 0.592. The van der Waals surface area contributed by atoms with Gasteiger partial charge in [0.2, 0.25) is 0 Å². The van der Waals surface area contributed by atoms with E-state index in [1.54, 1.807) is 0 Å². The predicted octanol–water partition coefficient (Wildman–Crippen LogP) is 5.06. The Morgan fingerprint density at radius 2 is 2.10 bits per heavy atom. The number of nitrogens with one attached hydrogen (secondary N) is 3. The van der Waals surface area contributed by atoms with Gasteiger partial charge in [0.1, 0.15) is 5.82 Å². The Kier molecular flexibility index (Phi) is 6.39. The number of allylic oxidation sites excluding steroid dienone is 3. The van der Waals surface area contributed by atoms with Gasteiger partial charge in [0.25, 0.3) is 0 Å². The van der Waals surface area contributed by atoms with E-state index in [2.05, 4.69) is 88.6 Å². The number of nitriles is 1. The van der Waals surface area contributed by atoms with Gasteiger partial charge in [-0.15, -0.1) is 0 Å². The van der Waals surface area contributed by atoms with E-state index in [1.165, 1.54) is 11.1 Å². The topological polar surface area (TPSA) is 72.8 Å². The molecule has 0 spiro atoms. The fourth-order valence-electron chi connectivity index (χ4n) is 4.22. The van der Waals surface area contributed by atoms with E-state index in [0.29, 0.717) is 12.0 Å². The number of hydrogen-bond donors (Lipinski definition) is 3. The van der Waals surface area contributed by atoms with Crippen LogP contribution in [0.25, 0.3) is 0 Å². The summed E-state index contributed by atoms with van der Waals surface area (Å²) in [5.74, 6) is 1.31. The third-order valence-electron chi connectivity index (χ3n) is 6.31. The molecule has 0 radical (unpaired) electrons. The highest BCUT2D eigenvalue weighted by molar-refractivity contribution is 5.66. The molecule has 160 valence electrons. The van der Waals surface area contributed by atoms with Crippen LogP contribution in [0, 0.1) is 22.7 Å². The normalized spacial score (nSPS) is 24.0. The maximum atomic E-state index is 9.34. The summed E-state index contributed by atoms with van der Waals surface area (Å²) in [6.07, 6.45) is 9.98. The Labute approximate surface area is 185 Å². The van der Waals surface area contributed by atoms with Crippen molar-refractivity contribution in [3.63, 3.8) is 0 Å². The van der Waals surface area contributed by atoms with Crippen LogP contribution in [0.1, 0.15) is 38.3 Å². The molecule has 1 aliphatic carbocycles. The van der Waals surface area contributed by atoms with Crippen molar-refractivity contribution < 1.29 is 0 Å². The fraction of sp³-hybridized carbons (Fsp3) is 0.385. The number of fused-ring (bicyclic) bond motifs is 1. The minimum atomic E-state index is -0.368. The van der Waals surface area contributed by atoms with Gasteiger partial charge in [0.05, 0.1) is 17.2 Å². The molecule has 2 aromatic rings. The van der Waals surface area contributed by atoms with E-state index in [1.807, 2.05) is 19.2 Å². The molecule has 1 aromatic heterocycles. The molecular weight excluding hydrogens is 382 g/mol. The van der Waals surface area contributed by atoms with Crippen molar-refractivity contribution in [1.29, 1.82) is 5.26 Å². The van der Waals surface area contributed by atoms with Crippen LogP contribution >= 0.6 is 0 Å². The highest BCUT2D eigenvalue weighted by atomic mass is 15.1. The van der Waals surface area contributed by atoms with Crippen molar-refractivity contribution in [2.75, 3.05) is 23.7 Å². The molecule has 0 bridgehead atoms. The van der Waals surface area contributed by atoms with Gasteiger partial charge in [0, 0.05) is 31.4 Å². The number of nitrogens with zero attached hydrogens (tertiary/aromatic N) is 2. The summed E-state index contributed by atoms with van der Waals surface area (Å²) in [6.45, 7) is 6.00. The fourth-order valence-corrected chi connectivity index (χ4v) is 4.22. The summed E-state index contributed by atoms with van der Waals surface area (Å²) in [5, 5.41) is 20.2. The van der Waals surface area contributed by atoms with Crippen molar-refractivity contribution >= 4 is 11.5 Å². The smallest absolute Gasteiger partial charge is 0.149 e. The molecule has 5 heteroatoms. The standard InChI is InChI=1S/C26H31N5/c1-19(20-10-12-26(2,18-27)13-11-20)16-29-24(21-7-4-3-5-8-21)15-22-17-30-23-9-6-14-28-25(23)31-22/h3-12,14,19,22,24,29-30H,13,15-17H2,1-2H3,(H,28,31)/t19-,22+,24-,26?/m1/s1. The van der Waals surface area contributed by atoms with E-state index in [4.69, 9.17) is 0 Å². The van der Waals surface area contributed by atoms with Gasteiger partial charge in [-0.05, 0) is 49.0 Å². The molecule has 4 atom stereocenters. The van der Waals surface area contributed by atoms with E-state index in [-0.39, 0.29) is 11.5 Å². The van der Waals surface area contributed by atoms with Gasteiger partial charge in [-0.25, -0.2) is 4.98 Å². The van der Waals surface area contributed by atoms with Crippen LogP contribution in [0.2, 0.25) is 0 Å². The average molecular weight is 414 g/mol. The van der Waals surface area contributed by atoms with Crippen LogP contribution in [0.4, 0.5) is 11.5 Å². The molecule has 3 N–H and O–H groups in total. The number of pyridine rings is 1. The second kappa shape index (κ2) is 9.36. The Balaban J connectivity index is 1.41. The number of hydrogen-bond acceptors (Lipinski definition) is 5. The molecule has 0 saturated carbocycles. The molecule has 31 heavy (non-hydrogen) atoms. The summed E-state index contributed by atoms with van der Waals surface area (Å²) in [7, 11) is 0.